The fraction of sp³-hybridized carbons (Fsp3) is 0.292. The summed E-state index contributed by atoms with van der Waals surface area (Å²) in [6.45, 7) is 0.935. The Balaban J connectivity index is 1.46. The van der Waals surface area contributed by atoms with Crippen LogP contribution in [0.4, 0.5) is 14.9 Å². The molecule has 2 N–H and O–H groups in total. The fourth-order valence-corrected chi connectivity index (χ4v) is 3.97. The van der Waals surface area contributed by atoms with Gasteiger partial charge in [0.25, 0.3) is 0 Å². The molecule has 3 amide bonds. The highest BCUT2D eigenvalue weighted by Crippen LogP contribution is 2.24. The molecule has 0 saturated carbocycles. The van der Waals surface area contributed by atoms with Gasteiger partial charge in [-0.2, -0.15) is 0 Å². The van der Waals surface area contributed by atoms with E-state index < -0.39 is 6.04 Å². The Kier molecular flexibility index (Phi) is 6.49. The first-order valence-electron chi connectivity index (χ1n) is 10.7. The van der Waals surface area contributed by atoms with Crippen LogP contribution in [-0.4, -0.2) is 39.5 Å². The van der Waals surface area contributed by atoms with Crippen LogP contribution < -0.4 is 10.6 Å². The number of amides is 3. The van der Waals surface area contributed by atoms with Crippen molar-refractivity contribution in [1.29, 1.82) is 0 Å². The lowest BCUT2D eigenvalue weighted by molar-refractivity contribution is -0.126. The minimum absolute atomic E-state index is 0.153. The van der Waals surface area contributed by atoms with Gasteiger partial charge in [0.05, 0.1) is 5.92 Å². The van der Waals surface area contributed by atoms with Crippen molar-refractivity contribution in [2.45, 2.75) is 18.9 Å². The van der Waals surface area contributed by atoms with E-state index in [4.69, 9.17) is 0 Å². The molecule has 7 nitrogen and oxygen atoms in total. The third kappa shape index (κ3) is 4.96. The van der Waals surface area contributed by atoms with E-state index in [0.717, 1.165) is 17.7 Å². The van der Waals surface area contributed by atoms with Crippen LogP contribution in [0.2, 0.25) is 0 Å². The minimum atomic E-state index is -0.517. The first-order chi connectivity index (χ1) is 15.5. The monoisotopic (exact) mass is 435 g/mol. The normalized spacial score (nSPS) is 16.9. The summed E-state index contributed by atoms with van der Waals surface area (Å²) in [7, 11) is 1.85. The Morgan fingerprint density at radius 2 is 1.88 bits per heavy atom. The summed E-state index contributed by atoms with van der Waals surface area (Å²) in [5, 5.41) is 5.95. The van der Waals surface area contributed by atoms with Crippen molar-refractivity contribution in [2.24, 2.45) is 13.0 Å². The second-order valence-electron chi connectivity index (χ2n) is 7.97. The van der Waals surface area contributed by atoms with Crippen LogP contribution in [0.5, 0.6) is 0 Å². The maximum Gasteiger partial charge on any atom is 0.321 e. The zero-order valence-corrected chi connectivity index (χ0v) is 17.9. The molecule has 2 aromatic carbocycles. The number of likely N-dealkylation sites (tertiary alicyclic amines) is 1. The van der Waals surface area contributed by atoms with Crippen LogP contribution in [0.15, 0.2) is 67.0 Å². The zero-order chi connectivity index (χ0) is 22.5. The second-order valence-corrected chi connectivity index (χ2v) is 7.97. The summed E-state index contributed by atoms with van der Waals surface area (Å²) in [5.41, 5.74) is 1.46. The van der Waals surface area contributed by atoms with Crippen LogP contribution in [0.3, 0.4) is 0 Å². The molecule has 3 aromatic rings. The van der Waals surface area contributed by atoms with Gasteiger partial charge in [-0.3, -0.25) is 4.79 Å². The highest BCUT2D eigenvalue weighted by molar-refractivity contribution is 5.90. The molecule has 1 aliphatic heterocycles. The van der Waals surface area contributed by atoms with Crippen LogP contribution in [0.1, 0.15) is 30.3 Å². The van der Waals surface area contributed by atoms with Gasteiger partial charge < -0.3 is 20.1 Å². The molecule has 2 heterocycles. The first kappa shape index (κ1) is 21.5. The van der Waals surface area contributed by atoms with E-state index in [-0.39, 0.29) is 23.7 Å². The molecule has 2 atom stereocenters. The maximum atomic E-state index is 13.4. The molecule has 166 valence electrons. The number of anilines is 1. The lowest BCUT2D eigenvalue weighted by Gasteiger charge is -2.33. The van der Waals surface area contributed by atoms with E-state index in [1.54, 1.807) is 29.4 Å². The van der Waals surface area contributed by atoms with E-state index in [0.29, 0.717) is 25.3 Å². The number of nitrogens with one attached hydrogen (secondary N) is 2. The van der Waals surface area contributed by atoms with Crippen LogP contribution >= 0.6 is 0 Å². The molecular formula is C24H26FN5O2. The van der Waals surface area contributed by atoms with Gasteiger partial charge in [-0.1, -0.05) is 30.3 Å². The van der Waals surface area contributed by atoms with Crippen LogP contribution in [-0.2, 0) is 11.8 Å². The Morgan fingerprint density at radius 1 is 1.12 bits per heavy atom. The highest BCUT2D eigenvalue weighted by Gasteiger charge is 2.31. The largest absolute Gasteiger partial charge is 0.342 e. The fourth-order valence-electron chi connectivity index (χ4n) is 3.97. The van der Waals surface area contributed by atoms with Crippen molar-refractivity contribution in [3.8, 4) is 0 Å². The van der Waals surface area contributed by atoms with Gasteiger partial charge in [0.1, 0.15) is 17.7 Å². The number of benzene rings is 2. The van der Waals surface area contributed by atoms with Gasteiger partial charge in [-0.15, -0.1) is 0 Å². The predicted molar refractivity (Wildman–Crippen MR) is 119 cm³/mol. The zero-order valence-electron chi connectivity index (χ0n) is 17.9. The third-order valence-electron chi connectivity index (χ3n) is 5.71. The number of aromatic nitrogens is 2. The third-order valence-corrected chi connectivity index (χ3v) is 5.71. The Labute approximate surface area is 186 Å². The number of para-hydroxylation sites is 1. The molecule has 8 heteroatoms. The number of imidazole rings is 1. The number of urea groups is 1. The number of carbonyl (C=O) groups is 2. The number of hydrogen-bond acceptors (Lipinski definition) is 3. The molecule has 1 saturated heterocycles. The average Bonchev–Trinajstić information content (AvgIpc) is 3.24. The van der Waals surface area contributed by atoms with Crippen molar-refractivity contribution in [3.63, 3.8) is 0 Å². The summed E-state index contributed by atoms with van der Waals surface area (Å²) in [6.07, 6.45) is 4.89. The smallest absolute Gasteiger partial charge is 0.321 e. The Bertz CT molecular complexity index is 1070. The molecule has 0 aliphatic carbocycles. The van der Waals surface area contributed by atoms with Gasteiger partial charge in [-0.05, 0) is 42.7 Å². The average molecular weight is 436 g/mol. The lowest BCUT2D eigenvalue weighted by atomic mass is 9.96. The molecule has 0 unspecified atom stereocenters. The lowest BCUT2D eigenvalue weighted by Crippen LogP contribution is -2.47. The summed E-state index contributed by atoms with van der Waals surface area (Å²) >= 11 is 0. The number of halogens is 1. The molecule has 32 heavy (non-hydrogen) atoms. The molecular weight excluding hydrogens is 409 g/mol. The van der Waals surface area contributed by atoms with Crippen molar-refractivity contribution >= 4 is 17.6 Å². The maximum absolute atomic E-state index is 13.4. The van der Waals surface area contributed by atoms with Crippen LogP contribution in [0.25, 0.3) is 0 Å². The molecule has 1 fully saturated rings. The highest BCUT2D eigenvalue weighted by atomic mass is 19.1. The molecule has 4 rings (SSSR count). The van der Waals surface area contributed by atoms with Gasteiger partial charge in [0.15, 0.2) is 0 Å². The number of hydrogen-bond donors (Lipinski definition) is 2. The van der Waals surface area contributed by atoms with Gasteiger partial charge in [-0.25, -0.2) is 14.2 Å². The van der Waals surface area contributed by atoms with Gasteiger partial charge >= 0.3 is 6.03 Å². The van der Waals surface area contributed by atoms with Gasteiger partial charge in [0, 0.05) is 38.2 Å². The summed E-state index contributed by atoms with van der Waals surface area (Å²) < 4.78 is 15.3. The SMILES string of the molecule is Cn1ccnc1[C@@H](NC(=O)[C@@H]1CCCN(C(=O)Nc2ccccc2)C1)c1ccc(F)cc1. The topological polar surface area (TPSA) is 79.3 Å². The first-order valence-corrected chi connectivity index (χ1v) is 10.7. The standard InChI is InChI=1S/C24H26FN5O2/c1-29-15-13-26-22(29)21(17-9-11-19(25)12-10-17)28-23(31)18-6-5-14-30(16-18)24(32)27-20-7-3-2-4-8-20/h2-4,7-13,15,18,21H,5-6,14,16H2,1H3,(H,27,32)(H,28,31)/t18-,21+/m1/s1. The van der Waals surface area contributed by atoms with Gasteiger partial charge in [0.2, 0.25) is 5.91 Å². The molecule has 0 spiro atoms. The minimum Gasteiger partial charge on any atom is -0.342 e. The Hall–Kier alpha value is -3.68. The summed E-state index contributed by atoms with van der Waals surface area (Å²) in [6, 6.07) is 14.6. The Morgan fingerprint density at radius 3 is 2.56 bits per heavy atom. The molecule has 1 aromatic heterocycles. The van der Waals surface area contributed by atoms with E-state index in [1.807, 2.05) is 41.9 Å². The molecule has 0 radical (unpaired) electrons. The van der Waals surface area contributed by atoms with E-state index in [1.165, 1.54) is 12.1 Å². The number of piperidine rings is 1. The number of rotatable bonds is 5. The van der Waals surface area contributed by atoms with E-state index in [9.17, 15) is 14.0 Å². The molecule has 1 aliphatic rings. The molecule has 0 bridgehead atoms. The number of nitrogens with zero attached hydrogens (tertiary/aromatic N) is 3. The number of aryl methyl sites for hydroxylation is 1. The predicted octanol–water partition coefficient (Wildman–Crippen LogP) is 3.71. The van der Waals surface area contributed by atoms with Crippen molar-refractivity contribution in [1.82, 2.24) is 19.8 Å². The summed E-state index contributed by atoms with van der Waals surface area (Å²) in [5.74, 6) is -0.182. The summed E-state index contributed by atoms with van der Waals surface area (Å²) in [4.78, 5) is 31.9. The second kappa shape index (κ2) is 9.64. The van der Waals surface area contributed by atoms with Crippen LogP contribution in [0, 0.1) is 11.7 Å². The van der Waals surface area contributed by atoms with E-state index in [2.05, 4.69) is 15.6 Å². The van der Waals surface area contributed by atoms with Crippen molar-refractivity contribution in [2.75, 3.05) is 18.4 Å². The van der Waals surface area contributed by atoms with E-state index >= 15 is 0 Å². The number of carbonyl (C=O) groups excluding carboxylic acids is 2. The van der Waals surface area contributed by atoms with Crippen molar-refractivity contribution in [3.05, 3.63) is 84.2 Å². The van der Waals surface area contributed by atoms with Crippen molar-refractivity contribution < 1.29 is 14.0 Å². The quantitative estimate of drug-likeness (QED) is 0.641.